The molecule has 1 fully saturated rings. The number of sulfone groups is 1. The van der Waals surface area contributed by atoms with Crippen LogP contribution in [0.4, 0.5) is 4.39 Å². The van der Waals surface area contributed by atoms with E-state index in [4.69, 9.17) is 11.6 Å². The molecule has 0 aromatic heterocycles. The zero-order valence-electron chi connectivity index (χ0n) is 13.4. The van der Waals surface area contributed by atoms with Gasteiger partial charge in [0.25, 0.3) is 0 Å². The maximum absolute atomic E-state index is 13.1. The first-order valence-electron chi connectivity index (χ1n) is 7.50. The summed E-state index contributed by atoms with van der Waals surface area (Å²) in [5.41, 5.74) is 0. The molecule has 0 radical (unpaired) electrons. The third-order valence-electron chi connectivity index (χ3n) is 3.78. The van der Waals surface area contributed by atoms with Gasteiger partial charge in [-0.2, -0.15) is 4.31 Å². The largest absolute Gasteiger partial charge is 0.351 e. The van der Waals surface area contributed by atoms with E-state index in [0.29, 0.717) is 6.42 Å². The lowest BCUT2D eigenvalue weighted by atomic mass is 10.2. The molecule has 1 atom stereocenters. The molecule has 0 bridgehead atoms. The average molecular weight is 413 g/mol. The Hall–Kier alpha value is -1.23. The van der Waals surface area contributed by atoms with Gasteiger partial charge in [0.15, 0.2) is 9.84 Å². The number of carbonyl (C=O) groups excluding carboxylic acids is 1. The van der Waals surface area contributed by atoms with Gasteiger partial charge in [-0.3, -0.25) is 4.79 Å². The van der Waals surface area contributed by atoms with Gasteiger partial charge in [-0.1, -0.05) is 18.5 Å². The van der Waals surface area contributed by atoms with Gasteiger partial charge in [0, 0.05) is 12.6 Å². The minimum Gasteiger partial charge on any atom is -0.351 e. The Labute approximate surface area is 151 Å². The van der Waals surface area contributed by atoms with Crippen molar-refractivity contribution in [2.24, 2.45) is 0 Å². The van der Waals surface area contributed by atoms with Crippen LogP contribution in [-0.2, 0) is 24.7 Å². The van der Waals surface area contributed by atoms with E-state index in [0.717, 1.165) is 22.5 Å². The third kappa shape index (κ3) is 4.90. The van der Waals surface area contributed by atoms with E-state index in [1.165, 1.54) is 0 Å². The second kappa shape index (κ2) is 7.56. The average Bonchev–Trinajstić information content (AvgIpc) is 2.82. The fraction of sp³-hybridized carbons (Fsp3) is 0.500. The van der Waals surface area contributed by atoms with Gasteiger partial charge >= 0.3 is 0 Å². The minimum atomic E-state index is -4.09. The molecule has 0 aliphatic carbocycles. The van der Waals surface area contributed by atoms with Gasteiger partial charge in [0.2, 0.25) is 15.9 Å². The maximum Gasteiger partial charge on any atom is 0.245 e. The standard InChI is InChI=1S/C14H18ClFN2O5S2/c1-2-18(8-14(19)17-11-5-6-24(20,21)9-11)25(22,23)13-4-3-10(16)7-12(13)15/h3-4,7,11H,2,5-6,8-9H2,1H3,(H,17,19)/t11-/m0/s1. The second-order valence-corrected chi connectivity index (χ2v) is 10.2. The van der Waals surface area contributed by atoms with Crippen LogP contribution in [-0.4, -0.2) is 57.7 Å². The fourth-order valence-corrected chi connectivity index (χ4v) is 6.12. The molecule has 1 N–H and O–H groups in total. The van der Waals surface area contributed by atoms with Crippen molar-refractivity contribution in [3.8, 4) is 0 Å². The zero-order chi connectivity index (χ0) is 18.8. The monoisotopic (exact) mass is 412 g/mol. The fourth-order valence-electron chi connectivity index (χ4n) is 2.53. The first-order chi connectivity index (χ1) is 11.5. The van der Waals surface area contributed by atoms with Crippen molar-refractivity contribution in [1.82, 2.24) is 9.62 Å². The topological polar surface area (TPSA) is 101 Å². The number of hydrogen-bond donors (Lipinski definition) is 1. The molecule has 0 spiro atoms. The lowest BCUT2D eigenvalue weighted by Gasteiger charge is -2.21. The predicted octanol–water partition coefficient (Wildman–Crippen LogP) is 0.793. The smallest absolute Gasteiger partial charge is 0.245 e. The van der Waals surface area contributed by atoms with E-state index in [1.54, 1.807) is 6.92 Å². The number of halogens is 2. The summed E-state index contributed by atoms with van der Waals surface area (Å²) < 4.78 is 62.0. The summed E-state index contributed by atoms with van der Waals surface area (Å²) in [6.07, 6.45) is 0.302. The van der Waals surface area contributed by atoms with Crippen molar-refractivity contribution in [1.29, 1.82) is 0 Å². The molecule has 1 heterocycles. The number of benzene rings is 1. The molecule has 2 rings (SSSR count). The van der Waals surface area contributed by atoms with Crippen LogP contribution in [0.5, 0.6) is 0 Å². The molecule has 1 aromatic carbocycles. The number of sulfonamides is 1. The number of hydrogen-bond acceptors (Lipinski definition) is 5. The Morgan fingerprint density at radius 3 is 2.64 bits per heavy atom. The third-order valence-corrected chi connectivity index (χ3v) is 7.95. The summed E-state index contributed by atoms with van der Waals surface area (Å²) in [6.45, 7) is 1.05. The summed E-state index contributed by atoms with van der Waals surface area (Å²) in [7, 11) is -7.25. The van der Waals surface area contributed by atoms with Crippen molar-refractivity contribution in [3.05, 3.63) is 29.0 Å². The molecule has 11 heteroatoms. The Kier molecular flexibility index (Phi) is 6.08. The normalized spacial score (nSPS) is 19.9. The summed E-state index contributed by atoms with van der Waals surface area (Å²) in [6, 6.07) is 2.37. The molecule has 1 aromatic rings. The summed E-state index contributed by atoms with van der Waals surface area (Å²) in [5, 5.41) is 2.25. The van der Waals surface area contributed by atoms with Crippen LogP contribution in [0.15, 0.2) is 23.1 Å². The van der Waals surface area contributed by atoms with Crippen LogP contribution >= 0.6 is 11.6 Å². The van der Waals surface area contributed by atoms with E-state index >= 15 is 0 Å². The van der Waals surface area contributed by atoms with Crippen molar-refractivity contribution >= 4 is 37.4 Å². The highest BCUT2D eigenvalue weighted by Gasteiger charge is 2.31. The number of carbonyl (C=O) groups is 1. The summed E-state index contributed by atoms with van der Waals surface area (Å²) in [4.78, 5) is 11.8. The van der Waals surface area contributed by atoms with E-state index in [-0.39, 0.29) is 28.0 Å². The van der Waals surface area contributed by atoms with Crippen molar-refractivity contribution in [2.75, 3.05) is 24.6 Å². The molecule has 0 unspecified atom stereocenters. The number of nitrogens with one attached hydrogen (secondary N) is 1. The lowest BCUT2D eigenvalue weighted by Crippen LogP contribution is -2.44. The van der Waals surface area contributed by atoms with E-state index in [9.17, 15) is 26.0 Å². The quantitative estimate of drug-likeness (QED) is 0.744. The Bertz CT molecular complexity index is 873. The highest BCUT2D eigenvalue weighted by atomic mass is 35.5. The Morgan fingerprint density at radius 2 is 2.12 bits per heavy atom. The molecule has 1 aliphatic rings. The van der Waals surface area contributed by atoms with Crippen molar-refractivity contribution in [3.63, 3.8) is 0 Å². The molecular formula is C14H18ClFN2O5S2. The van der Waals surface area contributed by atoms with E-state index in [1.807, 2.05) is 0 Å². The van der Waals surface area contributed by atoms with Crippen LogP contribution in [0, 0.1) is 5.82 Å². The van der Waals surface area contributed by atoms with E-state index < -0.39 is 44.2 Å². The summed E-state index contributed by atoms with van der Waals surface area (Å²) in [5.74, 6) is -1.43. The predicted molar refractivity (Wildman–Crippen MR) is 91.0 cm³/mol. The summed E-state index contributed by atoms with van der Waals surface area (Å²) >= 11 is 5.81. The van der Waals surface area contributed by atoms with Gasteiger partial charge in [-0.25, -0.2) is 21.2 Å². The molecule has 7 nitrogen and oxygen atoms in total. The first-order valence-corrected chi connectivity index (χ1v) is 11.1. The molecule has 1 saturated heterocycles. The van der Waals surface area contributed by atoms with Crippen molar-refractivity contribution in [2.45, 2.75) is 24.3 Å². The lowest BCUT2D eigenvalue weighted by molar-refractivity contribution is -0.121. The van der Waals surface area contributed by atoms with E-state index in [2.05, 4.69) is 5.32 Å². The molecule has 140 valence electrons. The van der Waals surface area contributed by atoms with Crippen LogP contribution in [0.1, 0.15) is 13.3 Å². The van der Waals surface area contributed by atoms with Crippen molar-refractivity contribution < 1.29 is 26.0 Å². The van der Waals surface area contributed by atoms with Crippen LogP contribution in [0.3, 0.4) is 0 Å². The van der Waals surface area contributed by atoms with Gasteiger partial charge in [-0.15, -0.1) is 0 Å². The van der Waals surface area contributed by atoms with Gasteiger partial charge in [-0.05, 0) is 24.6 Å². The number of nitrogens with zero attached hydrogens (tertiary/aromatic N) is 1. The number of amides is 1. The van der Waals surface area contributed by atoms with Crippen LogP contribution in [0.2, 0.25) is 5.02 Å². The van der Waals surface area contributed by atoms with Crippen LogP contribution < -0.4 is 5.32 Å². The Balaban J connectivity index is 2.11. The number of likely N-dealkylation sites (N-methyl/N-ethyl adjacent to an activating group) is 1. The zero-order valence-corrected chi connectivity index (χ0v) is 15.8. The molecular weight excluding hydrogens is 395 g/mol. The SMILES string of the molecule is CCN(CC(=O)N[C@H]1CCS(=O)(=O)C1)S(=O)(=O)c1ccc(F)cc1Cl. The molecule has 0 saturated carbocycles. The highest BCUT2D eigenvalue weighted by Crippen LogP contribution is 2.25. The van der Waals surface area contributed by atoms with Gasteiger partial charge in [0.1, 0.15) is 10.7 Å². The Morgan fingerprint density at radius 1 is 1.44 bits per heavy atom. The first kappa shape index (κ1) is 20.1. The van der Waals surface area contributed by atoms with Gasteiger partial charge < -0.3 is 5.32 Å². The van der Waals surface area contributed by atoms with Crippen LogP contribution in [0.25, 0.3) is 0 Å². The minimum absolute atomic E-state index is 0.00107. The molecule has 25 heavy (non-hydrogen) atoms. The second-order valence-electron chi connectivity index (χ2n) is 5.67. The van der Waals surface area contributed by atoms with Gasteiger partial charge in [0.05, 0.1) is 23.1 Å². The molecule has 1 amide bonds. The maximum atomic E-state index is 13.1. The molecule has 1 aliphatic heterocycles. The number of rotatable bonds is 6. The highest BCUT2D eigenvalue weighted by molar-refractivity contribution is 7.91.